The van der Waals surface area contributed by atoms with Crippen LogP contribution in [0.3, 0.4) is 0 Å². The van der Waals surface area contributed by atoms with E-state index in [-0.39, 0.29) is 5.92 Å². The lowest BCUT2D eigenvalue weighted by Gasteiger charge is -2.33. The van der Waals surface area contributed by atoms with E-state index in [2.05, 4.69) is 46.0 Å². The summed E-state index contributed by atoms with van der Waals surface area (Å²) >= 11 is 6.29. The second kappa shape index (κ2) is 12.7. The molecular weight excluding hydrogens is 476 g/mol. The number of likely N-dealkylation sites (tertiary alicyclic amines) is 1. The molecule has 0 radical (unpaired) electrons. The molecule has 0 amide bonds. The SMILES string of the molecule is O=S(=O)(NCCC(CCN1CCC(Cc2ccccc2)CC1)c1cccc(Cl)c1)c1ccccc1. The first kappa shape index (κ1) is 25.9. The summed E-state index contributed by atoms with van der Waals surface area (Å²) in [5.74, 6) is 0.999. The van der Waals surface area contributed by atoms with Gasteiger partial charge in [-0.2, -0.15) is 0 Å². The van der Waals surface area contributed by atoms with E-state index in [9.17, 15) is 8.42 Å². The molecule has 1 atom stereocenters. The van der Waals surface area contributed by atoms with Crippen molar-refractivity contribution in [1.82, 2.24) is 9.62 Å². The van der Waals surface area contributed by atoms with Gasteiger partial charge >= 0.3 is 0 Å². The number of benzene rings is 3. The van der Waals surface area contributed by atoms with Gasteiger partial charge in [0.15, 0.2) is 0 Å². The minimum absolute atomic E-state index is 0.245. The van der Waals surface area contributed by atoms with E-state index in [0.717, 1.165) is 43.4 Å². The molecule has 186 valence electrons. The summed E-state index contributed by atoms with van der Waals surface area (Å²) in [6.07, 6.45) is 5.34. The third kappa shape index (κ3) is 7.91. The summed E-state index contributed by atoms with van der Waals surface area (Å²) < 4.78 is 28.0. The fourth-order valence-electron chi connectivity index (χ4n) is 4.99. The molecule has 4 rings (SSSR count). The lowest BCUT2D eigenvalue weighted by Crippen LogP contribution is -2.35. The van der Waals surface area contributed by atoms with Gasteiger partial charge in [-0.25, -0.2) is 13.1 Å². The fourth-order valence-corrected chi connectivity index (χ4v) is 6.26. The maximum absolute atomic E-state index is 12.6. The summed E-state index contributed by atoms with van der Waals surface area (Å²) in [7, 11) is -3.50. The molecule has 1 aliphatic rings. The topological polar surface area (TPSA) is 49.4 Å². The average Bonchev–Trinajstić information content (AvgIpc) is 2.88. The predicted octanol–water partition coefficient (Wildman–Crippen LogP) is 6.14. The van der Waals surface area contributed by atoms with E-state index in [1.54, 1.807) is 24.3 Å². The molecule has 1 fully saturated rings. The zero-order chi connectivity index (χ0) is 24.5. The third-order valence-electron chi connectivity index (χ3n) is 7.03. The summed E-state index contributed by atoms with van der Waals surface area (Å²) in [6, 6.07) is 27.3. The maximum Gasteiger partial charge on any atom is 0.240 e. The Morgan fingerprint density at radius 3 is 2.26 bits per heavy atom. The van der Waals surface area contributed by atoms with Crippen LogP contribution in [0.25, 0.3) is 0 Å². The third-order valence-corrected chi connectivity index (χ3v) is 8.74. The number of nitrogens with zero attached hydrogens (tertiary/aromatic N) is 1. The lowest BCUT2D eigenvalue weighted by atomic mass is 9.89. The average molecular weight is 511 g/mol. The van der Waals surface area contributed by atoms with Gasteiger partial charge in [0, 0.05) is 11.6 Å². The van der Waals surface area contributed by atoms with Crippen molar-refractivity contribution in [2.45, 2.75) is 42.9 Å². The van der Waals surface area contributed by atoms with Crippen molar-refractivity contribution < 1.29 is 8.42 Å². The zero-order valence-corrected chi connectivity index (χ0v) is 21.7. The van der Waals surface area contributed by atoms with Crippen LogP contribution in [-0.4, -0.2) is 39.5 Å². The van der Waals surface area contributed by atoms with Crippen LogP contribution in [0.5, 0.6) is 0 Å². The molecule has 4 nitrogen and oxygen atoms in total. The molecule has 0 spiro atoms. The van der Waals surface area contributed by atoms with Gasteiger partial charge in [-0.05, 0) is 99.0 Å². The van der Waals surface area contributed by atoms with Crippen LogP contribution in [0.1, 0.15) is 42.7 Å². The molecule has 1 aliphatic heterocycles. The Morgan fingerprint density at radius 1 is 0.886 bits per heavy atom. The highest BCUT2D eigenvalue weighted by Gasteiger charge is 2.22. The Bertz CT molecular complexity index is 1150. The first-order valence-electron chi connectivity index (χ1n) is 12.6. The van der Waals surface area contributed by atoms with Crippen LogP contribution in [0.2, 0.25) is 5.02 Å². The number of sulfonamides is 1. The van der Waals surface area contributed by atoms with E-state index < -0.39 is 10.0 Å². The van der Waals surface area contributed by atoms with Gasteiger partial charge in [0.05, 0.1) is 4.90 Å². The molecular formula is C29H35ClN2O2S. The van der Waals surface area contributed by atoms with Crippen molar-refractivity contribution in [3.8, 4) is 0 Å². The van der Waals surface area contributed by atoms with E-state index in [1.165, 1.54) is 30.4 Å². The quantitative estimate of drug-likeness (QED) is 0.337. The second-order valence-corrected chi connectivity index (χ2v) is 11.7. The van der Waals surface area contributed by atoms with Gasteiger partial charge < -0.3 is 4.90 Å². The number of piperidine rings is 1. The van der Waals surface area contributed by atoms with Crippen LogP contribution in [0, 0.1) is 5.92 Å². The highest BCUT2D eigenvalue weighted by molar-refractivity contribution is 7.89. The lowest BCUT2D eigenvalue weighted by molar-refractivity contribution is 0.178. The molecule has 0 aromatic heterocycles. The van der Waals surface area contributed by atoms with E-state index >= 15 is 0 Å². The predicted molar refractivity (Wildman–Crippen MR) is 144 cm³/mol. The molecule has 35 heavy (non-hydrogen) atoms. The normalized spacial score (nSPS) is 16.3. The smallest absolute Gasteiger partial charge is 0.240 e. The van der Waals surface area contributed by atoms with Crippen LogP contribution < -0.4 is 4.72 Å². The molecule has 3 aromatic carbocycles. The molecule has 1 saturated heterocycles. The van der Waals surface area contributed by atoms with Crippen molar-refractivity contribution in [3.05, 3.63) is 101 Å². The zero-order valence-electron chi connectivity index (χ0n) is 20.2. The van der Waals surface area contributed by atoms with E-state index in [0.29, 0.717) is 11.4 Å². The van der Waals surface area contributed by atoms with E-state index in [1.807, 2.05) is 24.3 Å². The first-order valence-corrected chi connectivity index (χ1v) is 14.4. The second-order valence-electron chi connectivity index (χ2n) is 9.51. The van der Waals surface area contributed by atoms with Gasteiger partial charge in [-0.3, -0.25) is 0 Å². The minimum Gasteiger partial charge on any atom is -0.303 e. The van der Waals surface area contributed by atoms with Crippen molar-refractivity contribution in [3.63, 3.8) is 0 Å². The first-order chi connectivity index (χ1) is 17.0. The van der Waals surface area contributed by atoms with E-state index in [4.69, 9.17) is 11.6 Å². The molecule has 0 saturated carbocycles. The molecule has 1 N–H and O–H groups in total. The summed E-state index contributed by atoms with van der Waals surface area (Å²) in [5, 5.41) is 0.721. The van der Waals surface area contributed by atoms with Crippen molar-refractivity contribution in [2.24, 2.45) is 5.92 Å². The molecule has 1 heterocycles. The van der Waals surface area contributed by atoms with Gasteiger partial charge in [-0.1, -0.05) is 72.3 Å². The van der Waals surface area contributed by atoms with Gasteiger partial charge in [-0.15, -0.1) is 0 Å². The standard InChI is InChI=1S/C29H35ClN2O2S/c30-28-11-7-10-27(23-28)26(14-18-31-35(33,34)29-12-5-2-6-13-29)17-21-32-19-15-25(16-20-32)22-24-8-3-1-4-9-24/h1-13,23,25-26,31H,14-22H2. The fraction of sp³-hybridized carbons (Fsp3) is 0.379. The van der Waals surface area contributed by atoms with Crippen molar-refractivity contribution in [1.29, 1.82) is 0 Å². The molecule has 3 aromatic rings. The minimum atomic E-state index is -3.50. The Hall–Kier alpha value is -2.18. The van der Waals surface area contributed by atoms with Crippen LogP contribution in [-0.2, 0) is 16.4 Å². The number of hydrogen-bond acceptors (Lipinski definition) is 3. The van der Waals surface area contributed by atoms with Crippen LogP contribution >= 0.6 is 11.6 Å². The number of nitrogens with one attached hydrogen (secondary N) is 1. The van der Waals surface area contributed by atoms with Gasteiger partial charge in [0.2, 0.25) is 10.0 Å². The number of rotatable bonds is 11. The van der Waals surface area contributed by atoms with Crippen LogP contribution in [0.4, 0.5) is 0 Å². The van der Waals surface area contributed by atoms with Gasteiger partial charge in [0.25, 0.3) is 0 Å². The highest BCUT2D eigenvalue weighted by atomic mass is 35.5. The highest BCUT2D eigenvalue weighted by Crippen LogP contribution is 2.28. The summed E-state index contributed by atoms with van der Waals surface area (Å²) in [6.45, 7) is 3.66. The van der Waals surface area contributed by atoms with Crippen molar-refractivity contribution >= 4 is 21.6 Å². The molecule has 0 bridgehead atoms. The largest absolute Gasteiger partial charge is 0.303 e. The Balaban J connectivity index is 1.30. The van der Waals surface area contributed by atoms with Crippen molar-refractivity contribution in [2.75, 3.05) is 26.2 Å². The molecule has 1 unspecified atom stereocenters. The van der Waals surface area contributed by atoms with Gasteiger partial charge in [0.1, 0.15) is 0 Å². The summed E-state index contributed by atoms with van der Waals surface area (Å²) in [4.78, 5) is 2.87. The molecule has 6 heteroatoms. The monoisotopic (exact) mass is 510 g/mol. The number of hydrogen-bond donors (Lipinski definition) is 1. The Kier molecular flexibility index (Phi) is 9.38. The maximum atomic E-state index is 12.6. The molecule has 0 aliphatic carbocycles. The number of halogens is 1. The Labute approximate surface area is 215 Å². The summed E-state index contributed by atoms with van der Waals surface area (Å²) in [5.41, 5.74) is 2.61. The Morgan fingerprint density at radius 2 is 1.57 bits per heavy atom. The van der Waals surface area contributed by atoms with Crippen LogP contribution in [0.15, 0.2) is 89.8 Å².